The molecule has 226 valence electrons. The number of likely N-dealkylation sites (tertiary alicyclic amines) is 1. The van der Waals surface area contributed by atoms with Gasteiger partial charge in [-0.2, -0.15) is 13.2 Å². The number of piperidine rings is 1. The SMILES string of the molecule is CCOC(=O)C1CCCN(C(=O)c2coc(CN(Cc3cccc(C(F)(F)F)c3)Cc3cccc(OC)c3OC)n2)C1. The van der Waals surface area contributed by atoms with Crippen molar-refractivity contribution >= 4 is 11.9 Å². The molecular formula is C30H34F3N3O6. The molecule has 0 radical (unpaired) electrons. The van der Waals surface area contributed by atoms with Crippen LogP contribution in [0.1, 0.15) is 52.8 Å². The number of ether oxygens (including phenoxy) is 3. The first-order valence-corrected chi connectivity index (χ1v) is 13.6. The number of methoxy groups -OCH3 is 2. The van der Waals surface area contributed by atoms with Crippen LogP contribution in [0.25, 0.3) is 0 Å². The van der Waals surface area contributed by atoms with Gasteiger partial charge >= 0.3 is 12.1 Å². The van der Waals surface area contributed by atoms with Crippen molar-refractivity contribution in [3.63, 3.8) is 0 Å². The van der Waals surface area contributed by atoms with Crippen LogP contribution in [0.5, 0.6) is 11.5 Å². The predicted molar refractivity (Wildman–Crippen MR) is 146 cm³/mol. The normalized spacial score (nSPS) is 15.5. The van der Waals surface area contributed by atoms with E-state index in [-0.39, 0.29) is 56.2 Å². The number of esters is 1. The molecular weight excluding hydrogens is 555 g/mol. The van der Waals surface area contributed by atoms with E-state index in [1.807, 2.05) is 11.0 Å². The lowest BCUT2D eigenvalue weighted by molar-refractivity contribution is -0.149. The Morgan fingerprint density at radius 2 is 1.88 bits per heavy atom. The molecule has 0 aliphatic carbocycles. The fraction of sp³-hybridized carbons (Fsp3) is 0.433. The molecule has 12 heteroatoms. The molecule has 1 fully saturated rings. The molecule has 2 heterocycles. The standard InChI is InChI=1S/C30H34F3N3O6/c1-4-41-29(38)22-10-7-13-36(17-22)28(37)24-19-42-26(34-24)18-35(15-20-8-5-11-23(14-20)30(31,32)33)16-21-9-6-12-25(39-2)27(21)40-3/h5-6,8-9,11-12,14,19,22H,4,7,10,13,15-18H2,1-3H3. The third-order valence-electron chi connectivity index (χ3n) is 7.00. The van der Waals surface area contributed by atoms with Gasteiger partial charge in [0, 0.05) is 31.7 Å². The second-order valence-electron chi connectivity index (χ2n) is 9.96. The fourth-order valence-corrected chi connectivity index (χ4v) is 5.04. The summed E-state index contributed by atoms with van der Waals surface area (Å²) in [5, 5.41) is 0. The molecule has 42 heavy (non-hydrogen) atoms. The number of oxazole rings is 1. The van der Waals surface area contributed by atoms with Crippen molar-refractivity contribution in [2.75, 3.05) is 33.9 Å². The summed E-state index contributed by atoms with van der Waals surface area (Å²) in [5.41, 5.74) is 0.524. The number of hydrogen-bond acceptors (Lipinski definition) is 8. The average Bonchev–Trinajstić information content (AvgIpc) is 3.44. The number of aromatic nitrogens is 1. The van der Waals surface area contributed by atoms with Crippen molar-refractivity contribution in [1.29, 1.82) is 0 Å². The minimum absolute atomic E-state index is 0.0903. The molecule has 0 spiro atoms. The Kier molecular flexibility index (Phi) is 10.1. The number of nitrogens with zero attached hydrogens (tertiary/aromatic N) is 3. The van der Waals surface area contributed by atoms with E-state index in [0.29, 0.717) is 36.4 Å². The lowest BCUT2D eigenvalue weighted by Gasteiger charge is -2.30. The van der Waals surface area contributed by atoms with Gasteiger partial charge in [0.25, 0.3) is 5.91 Å². The van der Waals surface area contributed by atoms with Crippen LogP contribution < -0.4 is 9.47 Å². The van der Waals surface area contributed by atoms with E-state index in [1.54, 1.807) is 30.0 Å². The molecule has 9 nitrogen and oxygen atoms in total. The van der Waals surface area contributed by atoms with Gasteiger partial charge in [0.15, 0.2) is 17.2 Å². The number of rotatable bonds is 11. The van der Waals surface area contributed by atoms with Crippen LogP contribution in [0.2, 0.25) is 0 Å². The van der Waals surface area contributed by atoms with Crippen LogP contribution in [0.3, 0.4) is 0 Å². The molecule has 4 rings (SSSR count). The zero-order valence-corrected chi connectivity index (χ0v) is 23.8. The highest BCUT2D eigenvalue weighted by Crippen LogP contribution is 2.33. The Morgan fingerprint density at radius 3 is 2.60 bits per heavy atom. The zero-order valence-electron chi connectivity index (χ0n) is 23.8. The maximum absolute atomic E-state index is 13.4. The third kappa shape index (κ3) is 7.61. The molecule has 2 aromatic carbocycles. The first-order valence-electron chi connectivity index (χ1n) is 13.6. The van der Waals surface area contributed by atoms with E-state index in [2.05, 4.69) is 4.98 Å². The lowest BCUT2D eigenvalue weighted by atomic mass is 9.98. The molecule has 1 saturated heterocycles. The second kappa shape index (κ2) is 13.7. The number of amides is 1. The number of carbonyl (C=O) groups is 2. The number of carbonyl (C=O) groups excluding carboxylic acids is 2. The molecule has 1 amide bonds. The van der Waals surface area contributed by atoms with Crippen LogP contribution in [0.4, 0.5) is 13.2 Å². The lowest BCUT2D eigenvalue weighted by Crippen LogP contribution is -2.43. The van der Waals surface area contributed by atoms with E-state index in [0.717, 1.165) is 17.7 Å². The number of halogens is 3. The Balaban J connectivity index is 1.55. The van der Waals surface area contributed by atoms with E-state index in [9.17, 15) is 22.8 Å². The minimum atomic E-state index is -4.48. The highest BCUT2D eigenvalue weighted by Gasteiger charge is 2.32. The smallest absolute Gasteiger partial charge is 0.416 e. The monoisotopic (exact) mass is 589 g/mol. The van der Waals surface area contributed by atoms with Crippen molar-refractivity contribution in [2.24, 2.45) is 5.92 Å². The Labute approximate surface area is 242 Å². The topological polar surface area (TPSA) is 94.3 Å². The number of benzene rings is 2. The first kappa shape index (κ1) is 30.9. The van der Waals surface area contributed by atoms with Gasteiger partial charge < -0.3 is 23.5 Å². The largest absolute Gasteiger partial charge is 0.493 e. The van der Waals surface area contributed by atoms with Crippen LogP contribution in [0.15, 0.2) is 53.1 Å². The number of alkyl halides is 3. The fourth-order valence-electron chi connectivity index (χ4n) is 5.04. The molecule has 1 aliphatic heterocycles. The van der Waals surface area contributed by atoms with Gasteiger partial charge in [-0.15, -0.1) is 0 Å². The van der Waals surface area contributed by atoms with Crippen LogP contribution in [-0.4, -0.2) is 60.6 Å². The summed E-state index contributed by atoms with van der Waals surface area (Å²) < 4.78 is 61.9. The van der Waals surface area contributed by atoms with Crippen LogP contribution >= 0.6 is 0 Å². The summed E-state index contributed by atoms with van der Waals surface area (Å²) in [4.78, 5) is 33.2. The summed E-state index contributed by atoms with van der Waals surface area (Å²) >= 11 is 0. The Hall–Kier alpha value is -4.06. The molecule has 1 aliphatic rings. The maximum atomic E-state index is 13.4. The Morgan fingerprint density at radius 1 is 1.10 bits per heavy atom. The van der Waals surface area contributed by atoms with Crippen molar-refractivity contribution in [1.82, 2.24) is 14.8 Å². The number of para-hydroxylation sites is 1. The van der Waals surface area contributed by atoms with Gasteiger partial charge in [-0.1, -0.05) is 30.3 Å². The minimum Gasteiger partial charge on any atom is -0.493 e. The first-order chi connectivity index (χ1) is 20.1. The molecule has 1 unspecified atom stereocenters. The van der Waals surface area contributed by atoms with Gasteiger partial charge in [0.05, 0.1) is 38.9 Å². The Bertz CT molecular complexity index is 1380. The molecule has 1 atom stereocenters. The molecule has 0 bridgehead atoms. The van der Waals surface area contributed by atoms with E-state index in [4.69, 9.17) is 18.6 Å². The van der Waals surface area contributed by atoms with Crippen molar-refractivity contribution < 1.29 is 41.4 Å². The molecule has 0 saturated carbocycles. The van der Waals surface area contributed by atoms with Crippen molar-refractivity contribution in [3.8, 4) is 11.5 Å². The zero-order chi connectivity index (χ0) is 30.3. The summed E-state index contributed by atoms with van der Waals surface area (Å²) in [7, 11) is 3.03. The van der Waals surface area contributed by atoms with Gasteiger partial charge in [0.2, 0.25) is 5.89 Å². The van der Waals surface area contributed by atoms with Gasteiger partial charge in [-0.25, -0.2) is 4.98 Å². The summed E-state index contributed by atoms with van der Waals surface area (Å²) in [6.45, 7) is 3.20. The quantitative estimate of drug-likeness (QED) is 0.277. The summed E-state index contributed by atoms with van der Waals surface area (Å²) in [6.07, 6.45) is -1.91. The van der Waals surface area contributed by atoms with Crippen LogP contribution in [-0.2, 0) is 35.3 Å². The maximum Gasteiger partial charge on any atom is 0.416 e. The number of hydrogen-bond donors (Lipinski definition) is 0. The van der Waals surface area contributed by atoms with Crippen LogP contribution in [0, 0.1) is 5.92 Å². The summed E-state index contributed by atoms with van der Waals surface area (Å²) in [5.74, 6) is 0.146. The van der Waals surface area contributed by atoms with Crippen molar-refractivity contribution in [3.05, 3.63) is 77.0 Å². The molecule has 1 aromatic heterocycles. The van der Waals surface area contributed by atoms with E-state index in [1.165, 1.54) is 26.5 Å². The molecule has 3 aromatic rings. The van der Waals surface area contributed by atoms with Gasteiger partial charge in [0.1, 0.15) is 6.26 Å². The molecule has 0 N–H and O–H groups in total. The summed E-state index contributed by atoms with van der Waals surface area (Å²) in [6, 6.07) is 10.5. The van der Waals surface area contributed by atoms with Gasteiger partial charge in [-0.3, -0.25) is 14.5 Å². The third-order valence-corrected chi connectivity index (χ3v) is 7.00. The predicted octanol–water partition coefficient (Wildman–Crippen LogP) is 5.33. The van der Waals surface area contributed by atoms with Gasteiger partial charge in [-0.05, 0) is 37.5 Å². The van der Waals surface area contributed by atoms with E-state index < -0.39 is 17.7 Å². The second-order valence-corrected chi connectivity index (χ2v) is 9.96. The van der Waals surface area contributed by atoms with Crippen molar-refractivity contribution in [2.45, 2.75) is 45.6 Å². The highest BCUT2D eigenvalue weighted by molar-refractivity contribution is 5.92. The average molecular weight is 590 g/mol. The highest BCUT2D eigenvalue weighted by atomic mass is 19.4. The van der Waals surface area contributed by atoms with E-state index >= 15 is 0 Å².